The SMILES string of the molecule is C=CCC1(F)C([P+](=O)[O-])=CC=CC1(F)F.[Na+]. The van der Waals surface area contributed by atoms with Gasteiger partial charge in [-0.3, -0.25) is 0 Å². The number of allylic oxidation sites excluding steroid dienone is 5. The van der Waals surface area contributed by atoms with Crippen molar-refractivity contribution in [3.8, 4) is 0 Å². The molecule has 0 aromatic rings. The molecule has 0 saturated carbocycles. The average molecular weight is 259 g/mol. The average Bonchev–Trinajstić information content (AvgIpc) is 2.10. The zero-order valence-corrected chi connectivity index (χ0v) is 11.5. The first kappa shape index (κ1) is 16.1. The van der Waals surface area contributed by atoms with Crippen LogP contribution in [0.15, 0.2) is 36.2 Å². The van der Waals surface area contributed by atoms with Crippen LogP contribution in [0.1, 0.15) is 6.42 Å². The molecular weight excluding hydrogens is 251 g/mol. The fraction of sp³-hybridized carbons (Fsp3) is 0.333. The third kappa shape index (κ3) is 2.66. The van der Waals surface area contributed by atoms with Crippen molar-refractivity contribution in [2.45, 2.75) is 18.0 Å². The second-order valence-corrected chi connectivity index (χ2v) is 4.08. The minimum absolute atomic E-state index is 0. The fourth-order valence-corrected chi connectivity index (χ4v) is 2.08. The third-order valence-electron chi connectivity index (χ3n) is 2.12. The molecule has 0 aromatic carbocycles. The van der Waals surface area contributed by atoms with E-state index >= 15 is 0 Å². The zero-order chi connectivity index (χ0) is 11.7. The third-order valence-corrected chi connectivity index (χ3v) is 3.01. The molecule has 0 N–H and O–H groups in total. The van der Waals surface area contributed by atoms with Gasteiger partial charge in [0.2, 0.25) is 11.0 Å². The van der Waals surface area contributed by atoms with Crippen molar-refractivity contribution >= 4 is 8.03 Å². The van der Waals surface area contributed by atoms with Gasteiger partial charge in [-0.1, -0.05) is 16.7 Å². The van der Waals surface area contributed by atoms with E-state index in [0.29, 0.717) is 6.08 Å². The molecule has 0 radical (unpaired) electrons. The van der Waals surface area contributed by atoms with Crippen molar-refractivity contribution in [3.05, 3.63) is 36.2 Å². The van der Waals surface area contributed by atoms with E-state index in [0.717, 1.165) is 18.2 Å². The molecule has 0 amide bonds. The van der Waals surface area contributed by atoms with Crippen molar-refractivity contribution in [3.63, 3.8) is 0 Å². The summed E-state index contributed by atoms with van der Waals surface area (Å²) >= 11 is 0. The summed E-state index contributed by atoms with van der Waals surface area (Å²) in [6, 6.07) is 0. The summed E-state index contributed by atoms with van der Waals surface area (Å²) in [7, 11) is -3.37. The van der Waals surface area contributed by atoms with Crippen LogP contribution in [-0.2, 0) is 4.57 Å². The maximum Gasteiger partial charge on any atom is 1.00 e. The number of rotatable bonds is 3. The quantitative estimate of drug-likeness (QED) is 0.388. The molecule has 1 aliphatic rings. The molecule has 82 valence electrons. The van der Waals surface area contributed by atoms with Crippen molar-refractivity contribution in [1.82, 2.24) is 0 Å². The topological polar surface area (TPSA) is 40.1 Å². The first-order valence-corrected chi connectivity index (χ1v) is 5.25. The first-order chi connectivity index (χ1) is 6.85. The van der Waals surface area contributed by atoms with Gasteiger partial charge in [0.1, 0.15) is 0 Å². The molecule has 2 unspecified atom stereocenters. The Bertz CT molecular complexity index is 368. The van der Waals surface area contributed by atoms with Crippen LogP contribution in [0.5, 0.6) is 0 Å². The molecule has 16 heavy (non-hydrogen) atoms. The molecule has 1 rings (SSSR count). The Morgan fingerprint density at radius 3 is 2.50 bits per heavy atom. The Hall–Kier alpha value is 0.0700. The molecule has 0 aromatic heterocycles. The van der Waals surface area contributed by atoms with Crippen LogP contribution in [-0.4, -0.2) is 11.6 Å². The van der Waals surface area contributed by atoms with Gasteiger partial charge in [-0.25, -0.2) is 4.39 Å². The number of hydrogen-bond donors (Lipinski definition) is 0. The van der Waals surface area contributed by atoms with E-state index < -0.39 is 31.4 Å². The van der Waals surface area contributed by atoms with Crippen molar-refractivity contribution in [2.75, 3.05) is 0 Å². The van der Waals surface area contributed by atoms with E-state index in [-0.39, 0.29) is 29.6 Å². The maximum atomic E-state index is 13.9. The van der Waals surface area contributed by atoms with E-state index in [2.05, 4.69) is 6.58 Å². The Balaban J connectivity index is 0.00000225. The molecule has 7 heteroatoms. The molecule has 0 heterocycles. The summed E-state index contributed by atoms with van der Waals surface area (Å²) in [6.45, 7) is 3.14. The van der Waals surface area contributed by atoms with E-state index in [1.165, 1.54) is 0 Å². The maximum absolute atomic E-state index is 13.9. The normalized spacial score (nSPS) is 27.8. The Morgan fingerprint density at radius 2 is 2.06 bits per heavy atom. The van der Waals surface area contributed by atoms with Gasteiger partial charge in [-0.15, -0.1) is 6.58 Å². The second kappa shape index (κ2) is 5.61. The summed E-state index contributed by atoms with van der Waals surface area (Å²) < 4.78 is 51.1. The number of alkyl halides is 3. The van der Waals surface area contributed by atoms with Crippen molar-refractivity contribution < 1.29 is 52.2 Å². The molecule has 0 aliphatic heterocycles. The molecule has 0 fully saturated rings. The summed E-state index contributed by atoms with van der Waals surface area (Å²) in [5.41, 5.74) is -3.21. The fourth-order valence-electron chi connectivity index (χ4n) is 1.34. The standard InChI is InChI=1S/C9H8F3O2P.Na/c1-2-5-8(10)7(15(13)14)4-3-6-9(8,11)12;/h2-4,6H,1,5H2;/q;+1. The van der Waals surface area contributed by atoms with Crippen LogP contribution in [0.2, 0.25) is 0 Å². The van der Waals surface area contributed by atoms with E-state index in [1.54, 1.807) is 0 Å². The van der Waals surface area contributed by atoms with Gasteiger partial charge in [-0.2, -0.15) is 8.78 Å². The van der Waals surface area contributed by atoms with Gasteiger partial charge in [0.25, 0.3) is 0 Å². The molecule has 0 bridgehead atoms. The van der Waals surface area contributed by atoms with Crippen LogP contribution >= 0.6 is 8.03 Å². The minimum Gasteiger partial charge on any atom is -0.591 e. The molecule has 2 nitrogen and oxygen atoms in total. The summed E-state index contributed by atoms with van der Waals surface area (Å²) in [5, 5.41) is -0.912. The van der Waals surface area contributed by atoms with Gasteiger partial charge in [0, 0.05) is 6.42 Å². The van der Waals surface area contributed by atoms with E-state index in [9.17, 15) is 22.6 Å². The van der Waals surface area contributed by atoms with Crippen LogP contribution in [0.4, 0.5) is 13.2 Å². The molecule has 1 aliphatic carbocycles. The van der Waals surface area contributed by atoms with Crippen LogP contribution in [0, 0.1) is 0 Å². The van der Waals surface area contributed by atoms with Gasteiger partial charge in [0.05, 0.1) is 0 Å². The monoisotopic (exact) mass is 259 g/mol. The Kier molecular flexibility index (Phi) is 5.63. The van der Waals surface area contributed by atoms with Gasteiger partial charge < -0.3 is 4.89 Å². The van der Waals surface area contributed by atoms with E-state index in [4.69, 9.17) is 0 Å². The minimum atomic E-state index is -3.83. The van der Waals surface area contributed by atoms with Gasteiger partial charge in [-0.05, 0) is 12.2 Å². The van der Waals surface area contributed by atoms with Crippen LogP contribution in [0.25, 0.3) is 0 Å². The zero-order valence-electron chi connectivity index (χ0n) is 8.62. The number of hydrogen-bond acceptors (Lipinski definition) is 2. The summed E-state index contributed by atoms with van der Waals surface area (Å²) in [5.74, 6) is -3.83. The predicted octanol–water partition coefficient (Wildman–Crippen LogP) is -0.534. The van der Waals surface area contributed by atoms with Gasteiger partial charge in [0.15, 0.2) is 0 Å². The van der Waals surface area contributed by atoms with Gasteiger partial charge >= 0.3 is 43.5 Å². The first-order valence-electron chi connectivity index (χ1n) is 4.07. The van der Waals surface area contributed by atoms with Crippen LogP contribution in [0.3, 0.4) is 0 Å². The molecule has 2 atom stereocenters. The van der Waals surface area contributed by atoms with E-state index in [1.807, 2.05) is 0 Å². The predicted molar refractivity (Wildman–Crippen MR) is 48.4 cm³/mol. The smallest absolute Gasteiger partial charge is 0.591 e. The molecule has 0 spiro atoms. The molecule has 0 saturated heterocycles. The van der Waals surface area contributed by atoms with Crippen molar-refractivity contribution in [1.29, 1.82) is 0 Å². The molecular formula is C9H8F3NaO2P+. The Morgan fingerprint density at radius 1 is 1.50 bits per heavy atom. The Labute approximate surface area is 114 Å². The number of halogens is 3. The summed E-state index contributed by atoms with van der Waals surface area (Å²) in [4.78, 5) is 10.7. The largest absolute Gasteiger partial charge is 1.00 e. The second-order valence-electron chi connectivity index (χ2n) is 3.09. The van der Waals surface area contributed by atoms with Crippen molar-refractivity contribution in [2.24, 2.45) is 0 Å². The summed E-state index contributed by atoms with van der Waals surface area (Å²) in [6.07, 6.45) is 2.20. The van der Waals surface area contributed by atoms with Crippen LogP contribution < -0.4 is 34.5 Å².